The van der Waals surface area contributed by atoms with Gasteiger partial charge in [0, 0.05) is 42.6 Å². The zero-order valence-electron chi connectivity index (χ0n) is 21.0. The van der Waals surface area contributed by atoms with Crippen molar-refractivity contribution < 1.29 is 4.74 Å². The molecule has 1 atom stereocenters. The van der Waals surface area contributed by atoms with Crippen molar-refractivity contribution >= 4 is 28.2 Å². The Morgan fingerprint density at radius 1 is 1.17 bits per heavy atom. The fourth-order valence-corrected chi connectivity index (χ4v) is 5.04. The Bertz CT molecular complexity index is 1200. The highest BCUT2D eigenvalue weighted by atomic mass is 32.1. The van der Waals surface area contributed by atoms with Crippen LogP contribution in [0.15, 0.2) is 53.3 Å². The summed E-state index contributed by atoms with van der Waals surface area (Å²) < 4.78 is 5.47. The first kappa shape index (κ1) is 25.4. The molecular weight excluding hydrogens is 456 g/mol. The standard InChI is InChI=1S/C28H36N4O2S/c1-20-16-21(2)25-18-24(27(33)30-26(25)17-20)19-32(11-7-10-31-12-14-34-15-13-31)28(35)29-22(3)23-8-5-4-6-9-23/h4-6,8-9,16-18,22H,7,10-15,19H2,1-3H3,(H,29,35)(H,30,33)/t22-/m0/s1. The highest BCUT2D eigenvalue weighted by molar-refractivity contribution is 7.80. The first-order valence-electron chi connectivity index (χ1n) is 12.4. The van der Waals surface area contributed by atoms with Crippen LogP contribution in [-0.4, -0.2) is 59.3 Å². The maximum Gasteiger partial charge on any atom is 0.253 e. The maximum atomic E-state index is 13.0. The molecule has 0 aliphatic carbocycles. The van der Waals surface area contributed by atoms with Crippen LogP contribution in [0, 0.1) is 13.8 Å². The van der Waals surface area contributed by atoms with Crippen LogP contribution in [0.5, 0.6) is 0 Å². The van der Waals surface area contributed by atoms with Crippen LogP contribution in [0.25, 0.3) is 10.9 Å². The molecule has 0 unspecified atom stereocenters. The van der Waals surface area contributed by atoms with Crippen molar-refractivity contribution in [1.82, 2.24) is 20.1 Å². The number of aryl methyl sites for hydroxylation is 2. The lowest BCUT2D eigenvalue weighted by molar-refractivity contribution is 0.0367. The molecule has 1 saturated heterocycles. The van der Waals surface area contributed by atoms with Gasteiger partial charge in [0.15, 0.2) is 5.11 Å². The van der Waals surface area contributed by atoms with E-state index in [9.17, 15) is 4.79 Å². The van der Waals surface area contributed by atoms with Gasteiger partial charge in [-0.15, -0.1) is 0 Å². The summed E-state index contributed by atoms with van der Waals surface area (Å²) in [6.07, 6.45) is 0.964. The molecule has 1 aromatic heterocycles. The monoisotopic (exact) mass is 492 g/mol. The van der Waals surface area contributed by atoms with Gasteiger partial charge < -0.3 is 19.9 Å². The normalized spacial score (nSPS) is 15.2. The Kier molecular flexibility index (Phi) is 8.55. The summed E-state index contributed by atoms with van der Waals surface area (Å²) in [5, 5.41) is 5.24. The first-order chi connectivity index (χ1) is 16.9. The van der Waals surface area contributed by atoms with Gasteiger partial charge in [-0.2, -0.15) is 0 Å². The van der Waals surface area contributed by atoms with Crippen LogP contribution < -0.4 is 10.9 Å². The molecule has 0 saturated carbocycles. The van der Waals surface area contributed by atoms with Gasteiger partial charge in [-0.25, -0.2) is 0 Å². The summed E-state index contributed by atoms with van der Waals surface area (Å²) in [5.41, 5.74) is 5.04. The van der Waals surface area contributed by atoms with Gasteiger partial charge in [-0.3, -0.25) is 9.69 Å². The number of benzene rings is 2. The number of hydrogen-bond acceptors (Lipinski definition) is 4. The number of nitrogens with one attached hydrogen (secondary N) is 2. The quantitative estimate of drug-likeness (QED) is 0.457. The molecule has 0 bridgehead atoms. The van der Waals surface area contributed by atoms with Crippen molar-refractivity contribution in [3.05, 3.63) is 81.1 Å². The molecule has 2 heterocycles. The van der Waals surface area contributed by atoms with Crippen molar-refractivity contribution in [2.24, 2.45) is 0 Å². The van der Waals surface area contributed by atoms with E-state index in [1.54, 1.807) is 0 Å². The van der Waals surface area contributed by atoms with Crippen molar-refractivity contribution in [2.45, 2.75) is 39.8 Å². The minimum atomic E-state index is -0.0559. The molecular formula is C28H36N4O2S. The van der Waals surface area contributed by atoms with E-state index in [0.717, 1.165) is 73.4 Å². The minimum absolute atomic E-state index is 0.0559. The van der Waals surface area contributed by atoms with Gasteiger partial charge in [-0.05, 0) is 68.2 Å². The fourth-order valence-electron chi connectivity index (χ4n) is 4.70. The first-order valence-corrected chi connectivity index (χ1v) is 12.8. The maximum absolute atomic E-state index is 13.0. The van der Waals surface area contributed by atoms with Gasteiger partial charge in [0.05, 0.1) is 25.8 Å². The molecule has 35 heavy (non-hydrogen) atoms. The number of aromatic amines is 1. The molecule has 7 heteroatoms. The summed E-state index contributed by atoms with van der Waals surface area (Å²) in [5.74, 6) is 0. The van der Waals surface area contributed by atoms with Crippen LogP contribution in [0.2, 0.25) is 0 Å². The molecule has 0 radical (unpaired) electrons. The number of pyridine rings is 1. The van der Waals surface area contributed by atoms with E-state index in [1.807, 2.05) is 37.3 Å². The van der Waals surface area contributed by atoms with Crippen molar-refractivity contribution in [2.75, 3.05) is 39.4 Å². The van der Waals surface area contributed by atoms with Gasteiger partial charge in [0.25, 0.3) is 5.56 Å². The Morgan fingerprint density at radius 3 is 2.66 bits per heavy atom. The Balaban J connectivity index is 1.52. The van der Waals surface area contributed by atoms with E-state index in [4.69, 9.17) is 17.0 Å². The molecule has 4 rings (SSSR count). The second-order valence-corrected chi connectivity index (χ2v) is 9.86. The van der Waals surface area contributed by atoms with E-state index in [-0.39, 0.29) is 11.6 Å². The topological polar surface area (TPSA) is 60.6 Å². The zero-order chi connectivity index (χ0) is 24.8. The third-order valence-corrected chi connectivity index (χ3v) is 7.06. The third-order valence-electron chi connectivity index (χ3n) is 6.68. The summed E-state index contributed by atoms with van der Waals surface area (Å²) in [7, 11) is 0. The number of thiocarbonyl (C=S) groups is 1. The summed E-state index contributed by atoms with van der Waals surface area (Å²) in [4.78, 5) is 20.7. The fraction of sp³-hybridized carbons (Fsp3) is 0.429. The van der Waals surface area contributed by atoms with Crippen molar-refractivity contribution in [3.8, 4) is 0 Å². The second-order valence-electron chi connectivity index (χ2n) is 9.48. The molecule has 1 aliphatic rings. The van der Waals surface area contributed by atoms with Crippen LogP contribution in [0.1, 0.15) is 41.6 Å². The number of fused-ring (bicyclic) bond motifs is 1. The number of H-pyrrole nitrogens is 1. The Labute approximate surface area is 213 Å². The molecule has 3 aromatic rings. The lowest BCUT2D eigenvalue weighted by Gasteiger charge is -2.30. The molecule has 6 nitrogen and oxygen atoms in total. The van der Waals surface area contributed by atoms with Crippen LogP contribution in [0.4, 0.5) is 0 Å². The Morgan fingerprint density at radius 2 is 1.91 bits per heavy atom. The van der Waals surface area contributed by atoms with Crippen LogP contribution in [-0.2, 0) is 11.3 Å². The van der Waals surface area contributed by atoms with Crippen LogP contribution in [0.3, 0.4) is 0 Å². The second kappa shape index (κ2) is 11.8. The highest BCUT2D eigenvalue weighted by Gasteiger charge is 2.17. The molecule has 0 amide bonds. The number of hydrogen-bond donors (Lipinski definition) is 2. The summed E-state index contributed by atoms with van der Waals surface area (Å²) in [6.45, 7) is 12.0. The van der Waals surface area contributed by atoms with E-state index in [1.165, 1.54) is 5.56 Å². The van der Waals surface area contributed by atoms with E-state index < -0.39 is 0 Å². The summed E-state index contributed by atoms with van der Waals surface area (Å²) >= 11 is 5.87. The van der Waals surface area contributed by atoms with Crippen molar-refractivity contribution in [3.63, 3.8) is 0 Å². The van der Waals surface area contributed by atoms with E-state index in [2.05, 4.69) is 52.1 Å². The SMILES string of the molecule is Cc1cc(C)c2cc(CN(CCCN3CCOCC3)C(=S)N[C@@H](C)c3ccccc3)c(=O)[nH]c2c1. The number of ether oxygens (including phenoxy) is 1. The molecule has 1 fully saturated rings. The molecule has 186 valence electrons. The summed E-state index contributed by atoms with van der Waals surface area (Å²) in [6, 6.07) is 16.6. The molecule has 0 spiro atoms. The lowest BCUT2D eigenvalue weighted by Crippen LogP contribution is -2.43. The van der Waals surface area contributed by atoms with Gasteiger partial charge in [-0.1, -0.05) is 36.4 Å². The predicted molar refractivity (Wildman–Crippen MR) is 147 cm³/mol. The van der Waals surface area contributed by atoms with E-state index >= 15 is 0 Å². The minimum Gasteiger partial charge on any atom is -0.379 e. The smallest absolute Gasteiger partial charge is 0.253 e. The van der Waals surface area contributed by atoms with Crippen molar-refractivity contribution in [1.29, 1.82) is 0 Å². The van der Waals surface area contributed by atoms with E-state index in [0.29, 0.717) is 11.7 Å². The number of morpholine rings is 1. The molecule has 2 aromatic carbocycles. The number of aromatic nitrogens is 1. The molecule has 2 N–H and O–H groups in total. The lowest BCUT2D eigenvalue weighted by atomic mass is 10.0. The van der Waals surface area contributed by atoms with Gasteiger partial charge >= 0.3 is 0 Å². The number of nitrogens with zero attached hydrogens (tertiary/aromatic N) is 2. The highest BCUT2D eigenvalue weighted by Crippen LogP contribution is 2.19. The van der Waals surface area contributed by atoms with Gasteiger partial charge in [0.2, 0.25) is 0 Å². The number of rotatable bonds is 8. The predicted octanol–water partition coefficient (Wildman–Crippen LogP) is 4.30. The Hall–Kier alpha value is -2.74. The zero-order valence-corrected chi connectivity index (χ0v) is 21.8. The third kappa shape index (κ3) is 6.69. The average molecular weight is 493 g/mol. The van der Waals surface area contributed by atoms with Gasteiger partial charge in [0.1, 0.15) is 0 Å². The average Bonchev–Trinajstić information content (AvgIpc) is 2.85. The van der Waals surface area contributed by atoms with Crippen LogP contribution >= 0.6 is 12.2 Å². The molecule has 1 aliphatic heterocycles. The largest absolute Gasteiger partial charge is 0.379 e.